The van der Waals surface area contributed by atoms with Crippen molar-refractivity contribution in [1.82, 2.24) is 0 Å². The van der Waals surface area contributed by atoms with Gasteiger partial charge in [-0.1, -0.05) is 104 Å². The van der Waals surface area contributed by atoms with E-state index in [9.17, 15) is 0 Å². The molecule has 0 heterocycles. The Balaban J connectivity index is 4.22. The van der Waals surface area contributed by atoms with Gasteiger partial charge in [0.15, 0.2) is 0 Å². The van der Waals surface area contributed by atoms with Gasteiger partial charge in [0.2, 0.25) is 0 Å². The van der Waals surface area contributed by atoms with Crippen molar-refractivity contribution in [3.05, 3.63) is 0 Å². The highest BCUT2D eigenvalue weighted by atomic mass is 32.5. The Bertz CT molecular complexity index is 344. The summed E-state index contributed by atoms with van der Waals surface area (Å²) in [6.45, 7) is 7.56. The lowest BCUT2D eigenvalue weighted by atomic mass is 10.1. The molecule has 3 nitrogen and oxygen atoms in total. The molecule has 0 saturated heterocycles. The molecule has 28 heavy (non-hydrogen) atoms. The summed E-state index contributed by atoms with van der Waals surface area (Å²) in [6, 6.07) is 0. The zero-order valence-corrected chi connectivity index (χ0v) is 21.1. The van der Waals surface area contributed by atoms with Crippen LogP contribution >= 0.6 is 6.72 Å². The molecule has 5 heteroatoms. The predicted octanol–water partition coefficient (Wildman–Crippen LogP) is 8.95. The first kappa shape index (κ1) is 28.5. The lowest BCUT2D eigenvalue weighted by Gasteiger charge is -2.25. The average molecular weight is 437 g/mol. The minimum atomic E-state index is -2.61. The average Bonchev–Trinajstić information content (AvgIpc) is 2.67. The summed E-state index contributed by atoms with van der Waals surface area (Å²) in [5.74, 6) is 0. The fraction of sp³-hybridized carbons (Fsp3) is 1.00. The topological polar surface area (TPSA) is 27.7 Å². The SMILES string of the molecule is CCCCCCCCOP(=S)(OCCCCCCCC)OC(C)CCCCC. The summed E-state index contributed by atoms with van der Waals surface area (Å²) in [6.07, 6.45) is 19.8. The van der Waals surface area contributed by atoms with Crippen LogP contribution in [0.5, 0.6) is 0 Å². The zero-order valence-electron chi connectivity index (χ0n) is 19.4. The van der Waals surface area contributed by atoms with Gasteiger partial charge < -0.3 is 13.6 Å². The molecule has 0 aromatic heterocycles. The highest BCUT2D eigenvalue weighted by Gasteiger charge is 2.23. The first-order valence-corrected chi connectivity index (χ1v) is 14.7. The van der Waals surface area contributed by atoms with Crippen LogP contribution in [0, 0.1) is 0 Å². The molecule has 0 aliphatic heterocycles. The van der Waals surface area contributed by atoms with E-state index >= 15 is 0 Å². The molecule has 0 fully saturated rings. The van der Waals surface area contributed by atoms with Gasteiger partial charge in [-0.25, -0.2) is 0 Å². The van der Waals surface area contributed by atoms with E-state index in [0.29, 0.717) is 13.2 Å². The van der Waals surface area contributed by atoms with Gasteiger partial charge >= 0.3 is 6.72 Å². The van der Waals surface area contributed by atoms with Crippen LogP contribution in [0.15, 0.2) is 0 Å². The van der Waals surface area contributed by atoms with Gasteiger partial charge in [-0.15, -0.1) is 0 Å². The minimum absolute atomic E-state index is 0.117. The highest BCUT2D eigenvalue weighted by Crippen LogP contribution is 2.51. The van der Waals surface area contributed by atoms with Gasteiger partial charge in [0.05, 0.1) is 19.3 Å². The van der Waals surface area contributed by atoms with Gasteiger partial charge in [0, 0.05) is 0 Å². The Morgan fingerprint density at radius 3 is 1.46 bits per heavy atom. The largest absolute Gasteiger partial charge is 0.327 e. The minimum Gasteiger partial charge on any atom is -0.309 e. The number of hydrogen-bond acceptors (Lipinski definition) is 4. The number of rotatable bonds is 22. The van der Waals surface area contributed by atoms with Crippen LogP contribution in [0.4, 0.5) is 0 Å². The highest BCUT2D eigenvalue weighted by molar-refractivity contribution is 8.07. The Morgan fingerprint density at radius 1 is 0.607 bits per heavy atom. The van der Waals surface area contributed by atoms with Gasteiger partial charge in [0.1, 0.15) is 0 Å². The second-order valence-electron chi connectivity index (χ2n) is 8.06. The summed E-state index contributed by atoms with van der Waals surface area (Å²) in [4.78, 5) is 0. The summed E-state index contributed by atoms with van der Waals surface area (Å²) >= 11 is 5.74. The molecule has 1 atom stereocenters. The van der Waals surface area contributed by atoms with Crippen molar-refractivity contribution in [2.24, 2.45) is 0 Å². The first-order valence-electron chi connectivity index (χ1n) is 12.2. The van der Waals surface area contributed by atoms with E-state index < -0.39 is 6.72 Å². The van der Waals surface area contributed by atoms with E-state index in [1.807, 2.05) is 0 Å². The van der Waals surface area contributed by atoms with Gasteiger partial charge in [-0.05, 0) is 38.0 Å². The Labute approximate surface area is 181 Å². The van der Waals surface area contributed by atoms with Crippen molar-refractivity contribution in [1.29, 1.82) is 0 Å². The van der Waals surface area contributed by atoms with Crippen molar-refractivity contribution in [2.75, 3.05) is 13.2 Å². The van der Waals surface area contributed by atoms with Crippen molar-refractivity contribution in [3.8, 4) is 0 Å². The second kappa shape index (κ2) is 20.8. The standard InChI is InChI=1S/C23H49O3PS/c1-5-8-11-13-15-18-21-24-27(28,26-23(4)20-17-10-7-3)25-22-19-16-14-12-9-6-2/h23H,5-22H2,1-4H3. The van der Waals surface area contributed by atoms with Gasteiger partial charge in [-0.3, -0.25) is 0 Å². The third kappa shape index (κ3) is 18.6. The van der Waals surface area contributed by atoms with E-state index in [1.165, 1.54) is 83.5 Å². The lowest BCUT2D eigenvalue weighted by molar-refractivity contribution is 0.114. The molecule has 0 aliphatic carbocycles. The molecule has 0 N–H and O–H groups in total. The van der Waals surface area contributed by atoms with Crippen LogP contribution < -0.4 is 0 Å². The Morgan fingerprint density at radius 2 is 1.00 bits per heavy atom. The van der Waals surface area contributed by atoms with Gasteiger partial charge in [0.25, 0.3) is 0 Å². The molecule has 0 amide bonds. The number of unbranched alkanes of at least 4 members (excludes halogenated alkanes) is 12. The van der Waals surface area contributed by atoms with Crippen LogP contribution in [0.3, 0.4) is 0 Å². The van der Waals surface area contributed by atoms with E-state index in [2.05, 4.69) is 27.7 Å². The van der Waals surface area contributed by atoms with Crippen molar-refractivity contribution in [3.63, 3.8) is 0 Å². The number of hydrogen-bond donors (Lipinski definition) is 0. The summed E-state index contributed by atoms with van der Waals surface area (Å²) in [7, 11) is 0. The molecule has 170 valence electrons. The zero-order chi connectivity index (χ0) is 20.9. The Kier molecular flexibility index (Phi) is 21.2. The third-order valence-electron chi connectivity index (χ3n) is 5.02. The second-order valence-corrected chi connectivity index (χ2v) is 11.0. The molecule has 0 aliphatic rings. The molecule has 0 rings (SSSR count). The maximum Gasteiger partial charge on any atom is 0.327 e. The van der Waals surface area contributed by atoms with Crippen LogP contribution in [0.2, 0.25) is 0 Å². The maximum atomic E-state index is 6.16. The molecule has 0 saturated carbocycles. The molecular formula is C23H49O3PS. The van der Waals surface area contributed by atoms with E-state index in [0.717, 1.165) is 19.3 Å². The smallest absolute Gasteiger partial charge is 0.309 e. The molecule has 0 aromatic rings. The molecule has 0 aromatic carbocycles. The third-order valence-corrected chi connectivity index (χ3v) is 7.52. The normalized spacial score (nSPS) is 13.1. The van der Waals surface area contributed by atoms with E-state index in [4.69, 9.17) is 25.4 Å². The van der Waals surface area contributed by atoms with Crippen LogP contribution in [0.25, 0.3) is 0 Å². The van der Waals surface area contributed by atoms with Crippen LogP contribution in [0.1, 0.15) is 130 Å². The summed E-state index contributed by atoms with van der Waals surface area (Å²) in [5.41, 5.74) is 0. The molecular weight excluding hydrogens is 387 g/mol. The van der Waals surface area contributed by atoms with Gasteiger partial charge in [-0.2, -0.15) is 0 Å². The van der Waals surface area contributed by atoms with Crippen molar-refractivity contribution >= 4 is 18.5 Å². The monoisotopic (exact) mass is 436 g/mol. The van der Waals surface area contributed by atoms with Crippen molar-refractivity contribution in [2.45, 2.75) is 137 Å². The lowest BCUT2D eigenvalue weighted by Crippen LogP contribution is -2.11. The van der Waals surface area contributed by atoms with Crippen molar-refractivity contribution < 1.29 is 13.6 Å². The van der Waals surface area contributed by atoms with Crippen LogP contribution in [-0.2, 0) is 25.4 Å². The summed E-state index contributed by atoms with van der Waals surface area (Å²) < 4.78 is 18.2. The molecule has 0 spiro atoms. The van der Waals surface area contributed by atoms with E-state index in [-0.39, 0.29) is 6.10 Å². The fourth-order valence-corrected chi connectivity index (χ4v) is 5.51. The molecule has 0 bridgehead atoms. The Hall–Kier alpha value is 0.530. The molecule has 1 unspecified atom stereocenters. The van der Waals surface area contributed by atoms with E-state index in [1.54, 1.807) is 0 Å². The summed E-state index contributed by atoms with van der Waals surface area (Å²) in [5, 5.41) is 0. The van der Waals surface area contributed by atoms with Crippen LogP contribution in [-0.4, -0.2) is 19.3 Å². The quantitative estimate of drug-likeness (QED) is 0.125. The first-order chi connectivity index (χ1) is 13.6. The fourth-order valence-electron chi connectivity index (χ4n) is 3.17. The molecule has 0 radical (unpaired) electrons. The predicted molar refractivity (Wildman–Crippen MR) is 128 cm³/mol. The maximum absolute atomic E-state index is 6.16.